The predicted octanol–water partition coefficient (Wildman–Crippen LogP) is 7.57. The van der Waals surface area contributed by atoms with Crippen LogP contribution in [0, 0.1) is 0 Å². The molecule has 1 aliphatic carbocycles. The van der Waals surface area contributed by atoms with Crippen molar-refractivity contribution in [2.45, 2.75) is 37.8 Å². The van der Waals surface area contributed by atoms with Crippen LogP contribution in [-0.4, -0.2) is 17.7 Å². The van der Waals surface area contributed by atoms with Crippen LogP contribution in [0.4, 0.5) is 17.1 Å². The van der Waals surface area contributed by atoms with E-state index in [0.29, 0.717) is 5.02 Å². The highest BCUT2D eigenvalue weighted by molar-refractivity contribution is 6.31. The van der Waals surface area contributed by atoms with Gasteiger partial charge in [-0.2, -0.15) is 0 Å². The second kappa shape index (κ2) is 8.21. The van der Waals surface area contributed by atoms with Crippen LogP contribution in [0.1, 0.15) is 32.1 Å². The van der Waals surface area contributed by atoms with E-state index in [2.05, 4.69) is 100 Å². The molecule has 7 rings (SSSR count). The number of aromatic nitrogens is 2. The molecule has 0 atom stereocenters. The SMILES string of the molecule is CN1c2cc3c(cc2N(c2ccccc2)C12CCCCC2)nc1cc(Cl)ccc1[n+]3-c1ccccc1. The van der Waals surface area contributed by atoms with E-state index < -0.39 is 0 Å². The maximum atomic E-state index is 6.42. The fraction of sp³-hybridized carbons (Fsp3) is 0.226. The van der Waals surface area contributed by atoms with E-state index in [4.69, 9.17) is 16.6 Å². The van der Waals surface area contributed by atoms with Crippen molar-refractivity contribution in [1.29, 1.82) is 0 Å². The summed E-state index contributed by atoms with van der Waals surface area (Å²) in [6.07, 6.45) is 6.08. The zero-order valence-corrected chi connectivity index (χ0v) is 21.1. The molecule has 0 amide bonds. The Bertz CT molecular complexity index is 1590. The van der Waals surface area contributed by atoms with Crippen LogP contribution in [0.25, 0.3) is 27.8 Å². The van der Waals surface area contributed by atoms with Gasteiger partial charge < -0.3 is 9.80 Å². The van der Waals surface area contributed by atoms with Crippen LogP contribution < -0.4 is 14.4 Å². The molecule has 1 saturated carbocycles. The average molecular weight is 492 g/mol. The number of rotatable bonds is 2. The van der Waals surface area contributed by atoms with Crippen LogP contribution in [0.2, 0.25) is 5.02 Å². The molecule has 5 aromatic rings. The Morgan fingerprint density at radius 1 is 0.750 bits per heavy atom. The quantitative estimate of drug-likeness (QED) is 0.188. The summed E-state index contributed by atoms with van der Waals surface area (Å²) < 4.78 is 2.32. The molecule has 0 unspecified atom stereocenters. The lowest BCUT2D eigenvalue weighted by Gasteiger charge is -2.47. The number of benzene rings is 4. The topological polar surface area (TPSA) is 23.2 Å². The second-order valence-corrected chi connectivity index (χ2v) is 10.5. The van der Waals surface area contributed by atoms with Gasteiger partial charge in [0.05, 0.1) is 11.4 Å². The van der Waals surface area contributed by atoms with E-state index in [-0.39, 0.29) is 5.66 Å². The Kier molecular flexibility index (Phi) is 4.93. The van der Waals surface area contributed by atoms with Gasteiger partial charge in [-0.25, -0.2) is 4.98 Å². The van der Waals surface area contributed by atoms with Gasteiger partial charge in [-0.3, -0.25) is 0 Å². The van der Waals surface area contributed by atoms with E-state index >= 15 is 0 Å². The van der Waals surface area contributed by atoms with Crippen molar-refractivity contribution < 1.29 is 4.57 Å². The standard InChI is InChI=1S/C31H28ClN4/c1-34-29-21-28-26(33-25-19-22(32)15-16-27(25)35(28)23-11-5-2-6-12-23)20-30(29)36(24-13-7-3-8-14-24)31(34)17-9-4-10-18-31/h2-3,5-8,11-16,19-21H,4,9-10,17-18H2,1H3/q+1. The summed E-state index contributed by atoms with van der Waals surface area (Å²) >= 11 is 6.42. The summed E-state index contributed by atoms with van der Waals surface area (Å²) in [5, 5.41) is 0.696. The molecule has 1 aliphatic heterocycles. The second-order valence-electron chi connectivity index (χ2n) is 10.0. The van der Waals surface area contributed by atoms with E-state index in [1.807, 2.05) is 12.1 Å². The van der Waals surface area contributed by atoms with E-state index in [1.54, 1.807) is 0 Å². The average Bonchev–Trinajstić information content (AvgIpc) is 3.13. The number of nitrogens with zero attached hydrogens (tertiary/aromatic N) is 4. The molecule has 5 heteroatoms. The summed E-state index contributed by atoms with van der Waals surface area (Å²) in [6.45, 7) is 0. The largest absolute Gasteiger partial charge is 0.350 e. The lowest BCUT2D eigenvalue weighted by atomic mass is 9.87. The first kappa shape index (κ1) is 21.6. The number of para-hydroxylation sites is 2. The highest BCUT2D eigenvalue weighted by Gasteiger charge is 2.49. The monoisotopic (exact) mass is 491 g/mol. The normalized spacial score (nSPS) is 16.7. The molecule has 178 valence electrons. The van der Waals surface area contributed by atoms with Gasteiger partial charge in [0.25, 0.3) is 0 Å². The van der Waals surface area contributed by atoms with Crippen molar-refractivity contribution >= 4 is 50.7 Å². The summed E-state index contributed by atoms with van der Waals surface area (Å²) in [6, 6.07) is 32.0. The molecule has 0 N–H and O–H groups in total. The summed E-state index contributed by atoms with van der Waals surface area (Å²) in [4.78, 5) is 10.3. The minimum atomic E-state index is -0.0559. The van der Waals surface area contributed by atoms with E-state index in [1.165, 1.54) is 36.3 Å². The van der Waals surface area contributed by atoms with Crippen molar-refractivity contribution in [3.8, 4) is 5.69 Å². The van der Waals surface area contributed by atoms with Crippen molar-refractivity contribution in [3.63, 3.8) is 0 Å². The zero-order chi connectivity index (χ0) is 24.3. The Labute approximate surface area is 216 Å². The van der Waals surface area contributed by atoms with Crippen LogP contribution >= 0.6 is 11.6 Å². The van der Waals surface area contributed by atoms with Crippen molar-refractivity contribution in [3.05, 3.63) is 96.0 Å². The van der Waals surface area contributed by atoms with Gasteiger partial charge in [0.1, 0.15) is 16.7 Å². The fourth-order valence-corrected chi connectivity index (χ4v) is 6.56. The van der Waals surface area contributed by atoms with Gasteiger partial charge in [0, 0.05) is 42.0 Å². The third-order valence-electron chi connectivity index (χ3n) is 8.06. The van der Waals surface area contributed by atoms with Gasteiger partial charge in [-0.05, 0) is 56.0 Å². The molecule has 0 saturated heterocycles. The highest BCUT2D eigenvalue weighted by atomic mass is 35.5. The minimum Gasteiger partial charge on any atom is -0.350 e. The molecule has 2 heterocycles. The number of anilines is 3. The third kappa shape index (κ3) is 3.14. The molecule has 0 radical (unpaired) electrons. The van der Waals surface area contributed by atoms with Crippen molar-refractivity contribution in [2.24, 2.45) is 0 Å². The summed E-state index contributed by atoms with van der Waals surface area (Å²) in [7, 11) is 2.28. The Balaban J connectivity index is 1.56. The Hall–Kier alpha value is -3.63. The highest BCUT2D eigenvalue weighted by Crippen LogP contribution is 2.54. The van der Waals surface area contributed by atoms with Crippen LogP contribution in [0.15, 0.2) is 91.0 Å². The summed E-state index contributed by atoms with van der Waals surface area (Å²) in [5.74, 6) is 0. The van der Waals surface area contributed by atoms with Gasteiger partial charge >= 0.3 is 0 Å². The zero-order valence-electron chi connectivity index (χ0n) is 20.4. The lowest BCUT2D eigenvalue weighted by molar-refractivity contribution is -0.538. The first-order valence-electron chi connectivity index (χ1n) is 12.8. The molecule has 0 bridgehead atoms. The molecule has 4 nitrogen and oxygen atoms in total. The van der Waals surface area contributed by atoms with Crippen LogP contribution in [0.3, 0.4) is 0 Å². The molecule has 4 aromatic carbocycles. The number of hydrogen-bond donors (Lipinski definition) is 0. The molecule has 36 heavy (non-hydrogen) atoms. The van der Waals surface area contributed by atoms with Gasteiger partial charge in [-0.1, -0.05) is 54.4 Å². The lowest BCUT2D eigenvalue weighted by Crippen LogP contribution is -2.55. The molecular weight excluding hydrogens is 464 g/mol. The maximum Gasteiger partial charge on any atom is 0.239 e. The van der Waals surface area contributed by atoms with Crippen molar-refractivity contribution in [2.75, 3.05) is 16.8 Å². The first-order chi connectivity index (χ1) is 17.7. The van der Waals surface area contributed by atoms with Gasteiger partial charge in [0.2, 0.25) is 16.7 Å². The van der Waals surface area contributed by atoms with E-state index in [0.717, 1.165) is 40.6 Å². The Morgan fingerprint density at radius 3 is 2.19 bits per heavy atom. The number of fused-ring (bicyclic) bond motifs is 3. The molecular formula is C31H28ClN4+. The van der Waals surface area contributed by atoms with Crippen LogP contribution in [-0.2, 0) is 0 Å². The number of hydrogen-bond acceptors (Lipinski definition) is 3. The van der Waals surface area contributed by atoms with Crippen LogP contribution in [0.5, 0.6) is 0 Å². The van der Waals surface area contributed by atoms with E-state index in [9.17, 15) is 0 Å². The molecule has 1 spiro atoms. The first-order valence-corrected chi connectivity index (χ1v) is 13.2. The summed E-state index contributed by atoms with van der Waals surface area (Å²) in [5.41, 5.74) is 8.79. The number of halogens is 1. The predicted molar refractivity (Wildman–Crippen MR) is 149 cm³/mol. The maximum absolute atomic E-state index is 6.42. The smallest absolute Gasteiger partial charge is 0.239 e. The fourth-order valence-electron chi connectivity index (χ4n) is 6.39. The minimum absolute atomic E-state index is 0.0559. The van der Waals surface area contributed by atoms with Gasteiger partial charge in [-0.15, -0.1) is 4.57 Å². The molecule has 2 aliphatic rings. The Morgan fingerprint density at radius 2 is 1.44 bits per heavy atom. The third-order valence-corrected chi connectivity index (χ3v) is 8.29. The molecule has 1 aromatic heterocycles. The van der Waals surface area contributed by atoms with Crippen molar-refractivity contribution in [1.82, 2.24) is 4.98 Å². The van der Waals surface area contributed by atoms with Gasteiger partial charge in [0.15, 0.2) is 0 Å². The molecule has 1 fully saturated rings.